The summed E-state index contributed by atoms with van der Waals surface area (Å²) in [5.41, 5.74) is 1.39. The van der Waals surface area contributed by atoms with Crippen LogP contribution in [0.25, 0.3) is 0 Å². The largest absolute Gasteiger partial charge is 0.283 e. The van der Waals surface area contributed by atoms with E-state index in [4.69, 9.17) is 5.26 Å². The first-order chi connectivity index (χ1) is 6.93. The van der Waals surface area contributed by atoms with Gasteiger partial charge in [-0.15, -0.1) is 0 Å². The Morgan fingerprint density at radius 1 is 1.47 bits per heavy atom. The van der Waals surface area contributed by atoms with Crippen LogP contribution in [0.3, 0.4) is 0 Å². The Kier molecular flexibility index (Phi) is 3.72. The number of rotatable bonds is 3. The fraction of sp³-hybridized carbons (Fsp3) is 0.222. The molecule has 0 aromatic heterocycles. The van der Waals surface area contributed by atoms with Gasteiger partial charge in [-0.2, -0.15) is 5.26 Å². The van der Waals surface area contributed by atoms with Crippen LogP contribution in [0.5, 0.6) is 0 Å². The molecule has 0 saturated heterocycles. The van der Waals surface area contributed by atoms with E-state index in [-0.39, 0.29) is 0 Å². The van der Waals surface area contributed by atoms with E-state index in [1.807, 2.05) is 13.0 Å². The average Bonchev–Trinajstić information content (AvgIpc) is 1.99. The SMILES string of the molecule is Cc1cc(Br)cc(NS(=O)(=O)CC#N)c1. The number of aryl methyl sites for hydroxylation is 1. The van der Waals surface area contributed by atoms with Crippen LogP contribution in [0.15, 0.2) is 22.7 Å². The zero-order valence-electron chi connectivity index (χ0n) is 7.99. The number of sulfonamides is 1. The van der Waals surface area contributed by atoms with E-state index in [0.29, 0.717) is 5.69 Å². The van der Waals surface area contributed by atoms with Crippen LogP contribution >= 0.6 is 15.9 Å². The molecule has 6 heteroatoms. The summed E-state index contributed by atoms with van der Waals surface area (Å²) in [6.07, 6.45) is 0. The third-order valence-electron chi connectivity index (χ3n) is 1.57. The van der Waals surface area contributed by atoms with Crippen LogP contribution in [0.2, 0.25) is 0 Å². The molecule has 0 amide bonds. The summed E-state index contributed by atoms with van der Waals surface area (Å²) >= 11 is 3.26. The Bertz CT molecular complexity index is 485. The average molecular weight is 289 g/mol. The molecular formula is C9H9BrN2O2S. The molecule has 0 bridgehead atoms. The molecular weight excluding hydrogens is 280 g/mol. The normalized spacial score (nSPS) is 10.7. The summed E-state index contributed by atoms with van der Waals surface area (Å²) in [6, 6.07) is 6.79. The van der Waals surface area contributed by atoms with Crippen molar-refractivity contribution in [2.45, 2.75) is 6.92 Å². The van der Waals surface area contributed by atoms with Gasteiger partial charge in [0.25, 0.3) is 0 Å². The zero-order valence-corrected chi connectivity index (χ0v) is 10.4. The van der Waals surface area contributed by atoms with Crippen molar-refractivity contribution in [1.29, 1.82) is 5.26 Å². The fourth-order valence-electron chi connectivity index (χ4n) is 1.10. The Morgan fingerprint density at radius 3 is 2.67 bits per heavy atom. The highest BCUT2D eigenvalue weighted by molar-refractivity contribution is 9.10. The molecule has 0 aliphatic carbocycles. The van der Waals surface area contributed by atoms with Crippen LogP contribution in [-0.4, -0.2) is 14.2 Å². The molecule has 80 valence electrons. The molecule has 1 aromatic rings. The number of hydrogen-bond acceptors (Lipinski definition) is 3. The van der Waals surface area contributed by atoms with E-state index < -0.39 is 15.8 Å². The summed E-state index contributed by atoms with van der Waals surface area (Å²) in [4.78, 5) is 0. The van der Waals surface area contributed by atoms with Gasteiger partial charge in [-0.25, -0.2) is 8.42 Å². The molecule has 15 heavy (non-hydrogen) atoms. The van der Waals surface area contributed by atoms with Gasteiger partial charge in [0.05, 0.1) is 6.07 Å². The maximum Gasteiger partial charge on any atom is 0.246 e. The molecule has 0 fully saturated rings. The van der Waals surface area contributed by atoms with Gasteiger partial charge in [-0.3, -0.25) is 4.72 Å². The zero-order chi connectivity index (χ0) is 11.5. The Morgan fingerprint density at radius 2 is 2.13 bits per heavy atom. The van der Waals surface area contributed by atoms with Crippen LogP contribution in [0.1, 0.15) is 5.56 Å². The monoisotopic (exact) mass is 288 g/mol. The summed E-state index contributed by atoms with van der Waals surface area (Å²) in [5.74, 6) is -0.543. The predicted molar refractivity (Wildman–Crippen MR) is 61.9 cm³/mol. The molecule has 1 aromatic carbocycles. The lowest BCUT2D eigenvalue weighted by atomic mass is 10.2. The van der Waals surface area contributed by atoms with E-state index in [2.05, 4.69) is 20.7 Å². The van der Waals surface area contributed by atoms with Gasteiger partial charge in [0.2, 0.25) is 10.0 Å². The minimum atomic E-state index is -3.55. The second-order valence-corrected chi connectivity index (χ2v) is 5.67. The first kappa shape index (κ1) is 12.0. The van der Waals surface area contributed by atoms with Crippen molar-refractivity contribution in [3.05, 3.63) is 28.2 Å². The number of benzene rings is 1. The molecule has 0 radical (unpaired) electrons. The Hall–Kier alpha value is -1.06. The van der Waals surface area contributed by atoms with Gasteiger partial charge in [0.15, 0.2) is 5.75 Å². The second-order valence-electron chi connectivity index (χ2n) is 3.04. The minimum Gasteiger partial charge on any atom is -0.283 e. The lowest BCUT2D eigenvalue weighted by molar-refractivity contribution is 0.604. The molecule has 0 heterocycles. The molecule has 0 aliphatic heterocycles. The van der Waals surface area contributed by atoms with Gasteiger partial charge in [-0.1, -0.05) is 15.9 Å². The Balaban J connectivity index is 2.96. The number of hydrogen-bond donors (Lipinski definition) is 1. The first-order valence-corrected chi connectivity index (χ1v) is 6.52. The molecule has 0 unspecified atom stereocenters. The van der Waals surface area contributed by atoms with Crippen molar-refractivity contribution in [3.8, 4) is 6.07 Å². The van der Waals surface area contributed by atoms with Crippen LogP contribution in [-0.2, 0) is 10.0 Å². The van der Waals surface area contributed by atoms with E-state index in [1.54, 1.807) is 18.2 Å². The number of nitriles is 1. The van der Waals surface area contributed by atoms with Gasteiger partial charge >= 0.3 is 0 Å². The first-order valence-electron chi connectivity index (χ1n) is 4.07. The third kappa shape index (κ3) is 3.90. The van der Waals surface area contributed by atoms with Crippen molar-refractivity contribution in [2.75, 3.05) is 10.5 Å². The minimum absolute atomic E-state index is 0.456. The maximum absolute atomic E-state index is 11.3. The van der Waals surface area contributed by atoms with Crippen molar-refractivity contribution < 1.29 is 8.42 Å². The standard InChI is InChI=1S/C9H9BrN2O2S/c1-7-4-8(10)6-9(5-7)12-15(13,14)3-2-11/h4-6,12H,3H2,1H3. The van der Waals surface area contributed by atoms with E-state index >= 15 is 0 Å². The summed E-state index contributed by atoms with van der Waals surface area (Å²) in [7, 11) is -3.55. The van der Waals surface area contributed by atoms with Crippen LogP contribution < -0.4 is 4.72 Å². The number of anilines is 1. The molecule has 0 atom stereocenters. The summed E-state index contributed by atoms with van der Waals surface area (Å²) < 4.78 is 25.7. The van der Waals surface area contributed by atoms with E-state index in [0.717, 1.165) is 10.0 Å². The van der Waals surface area contributed by atoms with Crippen molar-refractivity contribution in [2.24, 2.45) is 0 Å². The molecule has 4 nitrogen and oxygen atoms in total. The topological polar surface area (TPSA) is 70.0 Å². The maximum atomic E-state index is 11.3. The lowest BCUT2D eigenvalue weighted by Gasteiger charge is -2.06. The highest BCUT2D eigenvalue weighted by atomic mass is 79.9. The second kappa shape index (κ2) is 4.64. The van der Waals surface area contributed by atoms with Gasteiger partial charge in [-0.05, 0) is 30.7 Å². The molecule has 1 rings (SSSR count). The van der Waals surface area contributed by atoms with E-state index in [1.165, 1.54) is 0 Å². The van der Waals surface area contributed by atoms with Gasteiger partial charge in [0, 0.05) is 10.2 Å². The van der Waals surface area contributed by atoms with Crippen molar-refractivity contribution in [3.63, 3.8) is 0 Å². The predicted octanol–water partition coefficient (Wildman–Crippen LogP) is 2.02. The van der Waals surface area contributed by atoms with E-state index in [9.17, 15) is 8.42 Å². The Labute approximate surface area is 97.1 Å². The molecule has 1 N–H and O–H groups in total. The quantitative estimate of drug-likeness (QED) is 0.925. The molecule has 0 aliphatic rings. The van der Waals surface area contributed by atoms with Crippen molar-refractivity contribution in [1.82, 2.24) is 0 Å². The van der Waals surface area contributed by atoms with Crippen LogP contribution in [0, 0.1) is 18.3 Å². The number of nitrogens with zero attached hydrogens (tertiary/aromatic N) is 1. The van der Waals surface area contributed by atoms with Crippen molar-refractivity contribution >= 4 is 31.6 Å². The highest BCUT2D eigenvalue weighted by Crippen LogP contribution is 2.19. The van der Waals surface area contributed by atoms with Crippen LogP contribution in [0.4, 0.5) is 5.69 Å². The summed E-state index contributed by atoms with van der Waals surface area (Å²) in [5, 5.41) is 8.31. The third-order valence-corrected chi connectivity index (χ3v) is 3.08. The highest BCUT2D eigenvalue weighted by Gasteiger charge is 2.09. The smallest absolute Gasteiger partial charge is 0.246 e. The molecule has 0 spiro atoms. The van der Waals surface area contributed by atoms with Gasteiger partial charge < -0.3 is 0 Å². The number of halogens is 1. The number of nitrogens with one attached hydrogen (secondary N) is 1. The molecule has 0 saturated carbocycles. The fourth-order valence-corrected chi connectivity index (χ4v) is 2.42. The lowest BCUT2D eigenvalue weighted by Crippen LogP contribution is -2.15. The van der Waals surface area contributed by atoms with Gasteiger partial charge in [0.1, 0.15) is 0 Å². The summed E-state index contributed by atoms with van der Waals surface area (Å²) in [6.45, 7) is 1.85.